The molecule has 1 heterocycles. The number of halogens is 1. The minimum absolute atomic E-state index is 0.288. The van der Waals surface area contributed by atoms with Gasteiger partial charge in [0.15, 0.2) is 12.3 Å². The number of aromatic nitrogens is 1. The Kier molecular flexibility index (Phi) is 6.76. The van der Waals surface area contributed by atoms with Crippen LogP contribution in [-0.2, 0) is 16.2 Å². The number of oxime groups is 1. The van der Waals surface area contributed by atoms with Gasteiger partial charge in [-0.2, -0.15) is 0 Å². The van der Waals surface area contributed by atoms with Gasteiger partial charge in [-0.3, -0.25) is 0 Å². The molecule has 8 heteroatoms. The van der Waals surface area contributed by atoms with E-state index in [4.69, 9.17) is 14.7 Å². The molecule has 2 aromatic carbocycles. The lowest BCUT2D eigenvalue weighted by atomic mass is 9.83. The molecule has 1 N–H and O–H groups in total. The summed E-state index contributed by atoms with van der Waals surface area (Å²) in [4.78, 5) is 20.7. The Morgan fingerprint density at radius 1 is 1.23 bits per heavy atom. The van der Waals surface area contributed by atoms with Crippen molar-refractivity contribution in [2.45, 2.75) is 44.8 Å². The van der Waals surface area contributed by atoms with Gasteiger partial charge in [0.2, 0.25) is 0 Å². The van der Waals surface area contributed by atoms with Gasteiger partial charge in [0, 0.05) is 12.0 Å². The standard InChI is InChI=1S/C23H23FN2O4S/c24-17-8-11-20-19(12-17)26-21(31-20)14-29-18-9-6-16(7-10-18)23(30-25-13-22(27)28)15-4-2-1-3-5-15/h6-13,15,23H,1-5,14H2,(H,27,28)/b25-13+. The van der Waals surface area contributed by atoms with E-state index in [-0.39, 0.29) is 11.9 Å². The van der Waals surface area contributed by atoms with Crippen LogP contribution in [0.1, 0.15) is 48.8 Å². The summed E-state index contributed by atoms with van der Waals surface area (Å²) in [6.07, 6.45) is 6.04. The molecule has 31 heavy (non-hydrogen) atoms. The summed E-state index contributed by atoms with van der Waals surface area (Å²) in [6.45, 7) is 0.297. The largest absolute Gasteiger partial charge is 0.486 e. The maximum Gasteiger partial charge on any atom is 0.350 e. The molecule has 3 aromatic rings. The van der Waals surface area contributed by atoms with Crippen molar-refractivity contribution in [3.63, 3.8) is 0 Å². The zero-order valence-corrected chi connectivity index (χ0v) is 17.7. The van der Waals surface area contributed by atoms with Crippen LogP contribution in [0.4, 0.5) is 4.39 Å². The number of ether oxygens (including phenoxy) is 1. The summed E-state index contributed by atoms with van der Waals surface area (Å²) in [5.74, 6) is -0.452. The lowest BCUT2D eigenvalue weighted by molar-refractivity contribution is -0.129. The number of hydrogen-bond acceptors (Lipinski definition) is 6. The number of fused-ring (bicyclic) bond motifs is 1. The molecule has 0 aliphatic heterocycles. The molecule has 1 aliphatic carbocycles. The predicted octanol–water partition coefficient (Wildman–Crippen LogP) is 5.72. The van der Waals surface area contributed by atoms with E-state index in [9.17, 15) is 9.18 Å². The monoisotopic (exact) mass is 442 g/mol. The molecule has 0 saturated heterocycles. The van der Waals surface area contributed by atoms with Gasteiger partial charge < -0.3 is 14.7 Å². The SMILES string of the molecule is O=C(O)/C=N/OC(c1ccc(OCc2nc3cc(F)ccc3s2)cc1)C1CCCCC1. The number of aliphatic carboxylic acids is 1. The molecule has 6 nitrogen and oxygen atoms in total. The maximum absolute atomic E-state index is 13.3. The molecule has 0 radical (unpaired) electrons. The molecule has 0 bridgehead atoms. The molecule has 162 valence electrons. The first-order valence-corrected chi connectivity index (χ1v) is 11.1. The number of carbonyl (C=O) groups is 1. The van der Waals surface area contributed by atoms with E-state index >= 15 is 0 Å². The van der Waals surface area contributed by atoms with Gasteiger partial charge in [-0.05, 0) is 42.7 Å². The average molecular weight is 443 g/mol. The summed E-state index contributed by atoms with van der Waals surface area (Å²) in [7, 11) is 0. The van der Waals surface area contributed by atoms with Crippen LogP contribution >= 0.6 is 11.3 Å². The van der Waals surface area contributed by atoms with Gasteiger partial charge in [0.05, 0.1) is 10.2 Å². The van der Waals surface area contributed by atoms with Crippen molar-refractivity contribution >= 4 is 33.7 Å². The molecule has 1 aromatic heterocycles. The lowest BCUT2D eigenvalue weighted by Gasteiger charge is -2.28. The normalized spacial score (nSPS) is 15.9. The zero-order valence-electron chi connectivity index (χ0n) is 16.9. The van der Waals surface area contributed by atoms with E-state index in [1.807, 2.05) is 24.3 Å². The number of nitrogens with zero attached hydrogens (tertiary/aromatic N) is 2. The van der Waals surface area contributed by atoms with Crippen molar-refractivity contribution in [3.8, 4) is 5.75 Å². The Labute approximate surface area is 183 Å². The molecule has 0 spiro atoms. The van der Waals surface area contributed by atoms with Crippen LogP contribution in [0.15, 0.2) is 47.6 Å². The Bertz CT molecular complexity index is 1060. The number of hydrogen-bond donors (Lipinski definition) is 1. The summed E-state index contributed by atoms with van der Waals surface area (Å²) in [5, 5.41) is 13.2. The van der Waals surface area contributed by atoms with E-state index in [2.05, 4.69) is 10.1 Å². The topological polar surface area (TPSA) is 81.0 Å². The summed E-state index contributed by atoms with van der Waals surface area (Å²) < 4.78 is 20.1. The quantitative estimate of drug-likeness (QED) is 0.356. The highest BCUT2D eigenvalue weighted by Crippen LogP contribution is 2.37. The first-order valence-electron chi connectivity index (χ1n) is 10.3. The van der Waals surface area contributed by atoms with Crippen LogP contribution in [0.25, 0.3) is 10.2 Å². The highest BCUT2D eigenvalue weighted by molar-refractivity contribution is 7.18. The third kappa shape index (κ3) is 5.58. The second-order valence-corrected chi connectivity index (χ2v) is 8.69. The number of rotatable bonds is 8. The lowest BCUT2D eigenvalue weighted by Crippen LogP contribution is -2.18. The number of benzene rings is 2. The van der Waals surface area contributed by atoms with Gasteiger partial charge in [-0.15, -0.1) is 11.3 Å². The first kappa shape index (κ1) is 21.2. The van der Waals surface area contributed by atoms with E-state index < -0.39 is 5.97 Å². The van der Waals surface area contributed by atoms with Gasteiger partial charge in [0.25, 0.3) is 0 Å². The summed E-state index contributed by atoms with van der Waals surface area (Å²) in [5.41, 5.74) is 1.57. The minimum Gasteiger partial charge on any atom is -0.486 e. The summed E-state index contributed by atoms with van der Waals surface area (Å²) in [6, 6.07) is 12.2. The predicted molar refractivity (Wildman–Crippen MR) is 117 cm³/mol. The van der Waals surface area contributed by atoms with Crippen molar-refractivity contribution in [1.82, 2.24) is 4.98 Å². The van der Waals surface area contributed by atoms with Crippen molar-refractivity contribution in [2.75, 3.05) is 0 Å². The highest BCUT2D eigenvalue weighted by Gasteiger charge is 2.27. The average Bonchev–Trinajstić information content (AvgIpc) is 3.18. The summed E-state index contributed by atoms with van der Waals surface area (Å²) >= 11 is 1.48. The van der Waals surface area contributed by atoms with Gasteiger partial charge in [0.1, 0.15) is 23.2 Å². The van der Waals surface area contributed by atoms with Crippen LogP contribution < -0.4 is 4.74 Å². The molecule has 1 atom stereocenters. The highest BCUT2D eigenvalue weighted by atomic mass is 32.1. The van der Waals surface area contributed by atoms with Crippen molar-refractivity contribution in [2.24, 2.45) is 11.1 Å². The van der Waals surface area contributed by atoms with Crippen molar-refractivity contribution < 1.29 is 23.9 Å². The molecule has 1 aliphatic rings. The molecule has 0 amide bonds. The number of thiazole rings is 1. The fraction of sp³-hybridized carbons (Fsp3) is 0.348. The van der Waals surface area contributed by atoms with Crippen LogP contribution in [-0.4, -0.2) is 22.3 Å². The molecule has 1 fully saturated rings. The minimum atomic E-state index is -1.14. The number of carboxylic acid groups (broad SMARTS) is 1. The third-order valence-corrected chi connectivity index (χ3v) is 6.39. The Morgan fingerprint density at radius 2 is 2.00 bits per heavy atom. The van der Waals surface area contributed by atoms with Gasteiger partial charge >= 0.3 is 5.97 Å². The van der Waals surface area contributed by atoms with Crippen LogP contribution in [0.3, 0.4) is 0 Å². The molecule has 1 saturated carbocycles. The number of carboxylic acids is 1. The van der Waals surface area contributed by atoms with Crippen molar-refractivity contribution in [3.05, 3.63) is 58.9 Å². The third-order valence-electron chi connectivity index (χ3n) is 5.38. The second kappa shape index (κ2) is 9.87. The smallest absolute Gasteiger partial charge is 0.350 e. The molecular weight excluding hydrogens is 419 g/mol. The van der Waals surface area contributed by atoms with E-state index in [0.29, 0.717) is 23.8 Å². The Hall–Kier alpha value is -3.00. The van der Waals surface area contributed by atoms with Crippen LogP contribution in [0.5, 0.6) is 5.75 Å². The Balaban J connectivity index is 1.43. The van der Waals surface area contributed by atoms with Gasteiger partial charge in [-0.1, -0.05) is 36.6 Å². The fourth-order valence-electron chi connectivity index (χ4n) is 3.91. The molecule has 1 unspecified atom stereocenters. The Morgan fingerprint density at radius 3 is 2.74 bits per heavy atom. The molecular formula is C23H23FN2O4S. The first-order chi connectivity index (χ1) is 15.1. The molecule has 4 rings (SSSR count). The second-order valence-electron chi connectivity index (χ2n) is 7.57. The van der Waals surface area contributed by atoms with Crippen molar-refractivity contribution in [1.29, 1.82) is 0 Å². The fourth-order valence-corrected chi connectivity index (χ4v) is 4.77. The van der Waals surface area contributed by atoms with E-state index in [1.54, 1.807) is 6.07 Å². The van der Waals surface area contributed by atoms with Gasteiger partial charge in [-0.25, -0.2) is 14.2 Å². The maximum atomic E-state index is 13.3. The van der Waals surface area contributed by atoms with E-state index in [1.165, 1.54) is 29.9 Å². The van der Waals surface area contributed by atoms with E-state index in [0.717, 1.165) is 47.2 Å². The van der Waals surface area contributed by atoms with Crippen LogP contribution in [0.2, 0.25) is 0 Å². The zero-order chi connectivity index (χ0) is 21.6. The van der Waals surface area contributed by atoms with Crippen LogP contribution in [0, 0.1) is 11.7 Å².